The SMILES string of the molecule is c1ccc(N(c2cc(-c3ccc4c(c3)c3c5ccccc5c5ccccc5c3n4-c3ccccc3)cc(N(c3ccccc3)c3ccc4sc5ccccc5c4c3)c2)c2ccc3sc4ccccc4c3c2)cc1. The van der Waals surface area contributed by atoms with Crippen molar-refractivity contribution in [1.82, 2.24) is 4.57 Å². The Kier molecular flexibility index (Phi) is 9.62. The van der Waals surface area contributed by atoms with Gasteiger partial charge in [-0.15, -0.1) is 22.7 Å². The molecule has 0 aliphatic carbocycles. The summed E-state index contributed by atoms with van der Waals surface area (Å²) in [7, 11) is 0. The van der Waals surface area contributed by atoms with Gasteiger partial charge in [0.15, 0.2) is 0 Å². The number of fused-ring (bicyclic) bond motifs is 14. The van der Waals surface area contributed by atoms with E-state index in [1.807, 2.05) is 22.7 Å². The van der Waals surface area contributed by atoms with E-state index in [0.717, 1.165) is 50.9 Å². The zero-order valence-corrected chi connectivity index (χ0v) is 41.1. The van der Waals surface area contributed by atoms with Crippen molar-refractivity contribution in [2.45, 2.75) is 0 Å². The van der Waals surface area contributed by atoms with Gasteiger partial charge in [-0.3, -0.25) is 0 Å². The van der Waals surface area contributed by atoms with E-state index in [0.29, 0.717) is 0 Å². The zero-order chi connectivity index (χ0) is 48.0. The van der Waals surface area contributed by atoms with E-state index in [-0.39, 0.29) is 0 Å². The summed E-state index contributed by atoms with van der Waals surface area (Å²) in [4.78, 5) is 4.88. The van der Waals surface area contributed by atoms with Crippen molar-refractivity contribution < 1.29 is 0 Å². The van der Waals surface area contributed by atoms with Crippen molar-refractivity contribution in [1.29, 1.82) is 0 Å². The summed E-state index contributed by atoms with van der Waals surface area (Å²) in [5, 5.41) is 12.6. The fourth-order valence-electron chi connectivity index (χ4n) is 11.5. The molecule has 0 bridgehead atoms. The lowest BCUT2D eigenvalue weighted by molar-refractivity contribution is 1.19. The smallest absolute Gasteiger partial charge is 0.0625 e. The minimum atomic E-state index is 1.06. The molecule has 3 heterocycles. The van der Waals surface area contributed by atoms with Gasteiger partial charge in [-0.1, -0.05) is 146 Å². The number of anilines is 6. The lowest BCUT2D eigenvalue weighted by atomic mass is 9.95. The minimum absolute atomic E-state index is 1.06. The van der Waals surface area contributed by atoms with Crippen molar-refractivity contribution in [2.75, 3.05) is 9.80 Å². The monoisotopic (exact) mass is 965 g/mol. The fourth-order valence-corrected chi connectivity index (χ4v) is 13.7. The maximum Gasteiger partial charge on any atom is 0.0625 e. The maximum atomic E-state index is 2.48. The topological polar surface area (TPSA) is 11.4 Å². The van der Waals surface area contributed by atoms with Gasteiger partial charge in [0.05, 0.1) is 11.0 Å². The van der Waals surface area contributed by atoms with Crippen LogP contribution >= 0.6 is 22.7 Å². The van der Waals surface area contributed by atoms with E-state index in [1.165, 1.54) is 83.7 Å². The number of hydrogen-bond donors (Lipinski definition) is 0. The van der Waals surface area contributed by atoms with E-state index >= 15 is 0 Å². The molecule has 0 saturated carbocycles. The highest BCUT2D eigenvalue weighted by molar-refractivity contribution is 7.26. The number of nitrogens with zero attached hydrogens (tertiary/aromatic N) is 3. The van der Waals surface area contributed by atoms with E-state index in [4.69, 9.17) is 0 Å². The third-order valence-electron chi connectivity index (χ3n) is 14.7. The molecule has 0 atom stereocenters. The van der Waals surface area contributed by atoms with Crippen LogP contribution in [0.3, 0.4) is 0 Å². The van der Waals surface area contributed by atoms with Crippen molar-refractivity contribution in [3.63, 3.8) is 0 Å². The molecule has 3 aromatic heterocycles. The zero-order valence-electron chi connectivity index (χ0n) is 39.5. The van der Waals surface area contributed by atoms with Crippen LogP contribution in [0, 0.1) is 0 Å². The summed E-state index contributed by atoms with van der Waals surface area (Å²) in [6, 6.07) is 96.3. The van der Waals surface area contributed by atoms with Gasteiger partial charge in [0.2, 0.25) is 0 Å². The Morgan fingerprint density at radius 1 is 0.260 bits per heavy atom. The molecule has 15 aromatic rings. The van der Waals surface area contributed by atoms with Gasteiger partial charge in [0, 0.05) is 96.3 Å². The average Bonchev–Trinajstić information content (AvgIpc) is 4.14. The summed E-state index contributed by atoms with van der Waals surface area (Å²) in [5.74, 6) is 0. The molecule has 5 heteroatoms. The molecule has 0 radical (unpaired) electrons. The number of para-hydroxylation sites is 3. The van der Waals surface area contributed by atoms with E-state index < -0.39 is 0 Å². The molecule has 0 aliphatic rings. The predicted molar refractivity (Wildman–Crippen MR) is 316 cm³/mol. The predicted octanol–water partition coefficient (Wildman–Crippen LogP) is 20.4. The molecule has 0 fully saturated rings. The quantitative estimate of drug-likeness (QED) is 0.141. The molecular weight excluding hydrogens is 923 g/mol. The van der Waals surface area contributed by atoms with Gasteiger partial charge in [0.1, 0.15) is 0 Å². The summed E-state index contributed by atoms with van der Waals surface area (Å²) in [5.41, 5.74) is 12.3. The average molecular weight is 966 g/mol. The second kappa shape index (κ2) is 16.8. The molecular formula is C68H43N3S2. The first-order valence-corrected chi connectivity index (χ1v) is 26.4. The Morgan fingerprint density at radius 2 is 0.712 bits per heavy atom. The molecule has 342 valence electrons. The van der Waals surface area contributed by atoms with E-state index in [9.17, 15) is 0 Å². The van der Waals surface area contributed by atoms with E-state index in [1.54, 1.807) is 0 Å². The summed E-state index contributed by atoms with van der Waals surface area (Å²) >= 11 is 3.71. The number of aromatic nitrogens is 1. The molecule has 0 saturated heterocycles. The molecule has 15 rings (SSSR count). The maximum absolute atomic E-state index is 2.48. The molecule has 0 amide bonds. The molecule has 12 aromatic carbocycles. The lowest BCUT2D eigenvalue weighted by Gasteiger charge is -2.30. The first-order valence-electron chi connectivity index (χ1n) is 24.8. The molecule has 0 aliphatic heterocycles. The molecule has 0 N–H and O–H groups in total. The highest BCUT2D eigenvalue weighted by Gasteiger charge is 2.23. The fraction of sp³-hybridized carbons (Fsp3) is 0. The summed E-state index contributed by atoms with van der Waals surface area (Å²) in [6.07, 6.45) is 0. The third kappa shape index (κ3) is 6.78. The van der Waals surface area contributed by atoms with Crippen molar-refractivity contribution in [3.05, 3.63) is 261 Å². The molecule has 73 heavy (non-hydrogen) atoms. The Balaban J connectivity index is 1.03. The Labute approximate surface area is 429 Å². The molecule has 3 nitrogen and oxygen atoms in total. The Hall–Kier alpha value is -9.00. The lowest BCUT2D eigenvalue weighted by Crippen LogP contribution is -2.13. The third-order valence-corrected chi connectivity index (χ3v) is 17.0. The van der Waals surface area contributed by atoms with Crippen molar-refractivity contribution in [2.24, 2.45) is 0 Å². The van der Waals surface area contributed by atoms with Crippen LogP contribution in [-0.2, 0) is 0 Å². The van der Waals surface area contributed by atoms with Crippen molar-refractivity contribution in [3.8, 4) is 16.8 Å². The van der Waals surface area contributed by atoms with Crippen LogP contribution in [0.4, 0.5) is 34.1 Å². The molecule has 0 spiro atoms. The summed E-state index contributed by atoms with van der Waals surface area (Å²) in [6.45, 7) is 0. The van der Waals surface area contributed by atoms with Gasteiger partial charge in [0.25, 0.3) is 0 Å². The second-order valence-electron chi connectivity index (χ2n) is 18.9. The van der Waals surface area contributed by atoms with E-state index in [2.05, 4.69) is 275 Å². The second-order valence-corrected chi connectivity index (χ2v) is 21.0. The number of hydrogen-bond acceptors (Lipinski definition) is 4. The van der Waals surface area contributed by atoms with Crippen LogP contribution in [0.1, 0.15) is 0 Å². The minimum Gasteiger partial charge on any atom is -0.310 e. The van der Waals surface area contributed by atoms with Crippen LogP contribution in [0.15, 0.2) is 261 Å². The Morgan fingerprint density at radius 3 is 1.27 bits per heavy atom. The normalized spacial score (nSPS) is 11.8. The van der Waals surface area contributed by atoms with Crippen LogP contribution in [0.25, 0.3) is 101 Å². The van der Waals surface area contributed by atoms with Crippen LogP contribution in [-0.4, -0.2) is 4.57 Å². The number of thiophene rings is 2. The summed E-state index contributed by atoms with van der Waals surface area (Å²) < 4.78 is 7.63. The first-order chi connectivity index (χ1) is 36.2. The van der Waals surface area contributed by atoms with Gasteiger partial charge in [-0.2, -0.15) is 0 Å². The number of rotatable bonds is 8. The van der Waals surface area contributed by atoms with Crippen molar-refractivity contribution >= 4 is 140 Å². The highest BCUT2D eigenvalue weighted by Crippen LogP contribution is 2.48. The van der Waals surface area contributed by atoms with Crippen LogP contribution in [0.5, 0.6) is 0 Å². The van der Waals surface area contributed by atoms with Gasteiger partial charge < -0.3 is 14.4 Å². The molecule has 0 unspecified atom stereocenters. The van der Waals surface area contributed by atoms with Gasteiger partial charge >= 0.3 is 0 Å². The van der Waals surface area contributed by atoms with Crippen LogP contribution < -0.4 is 9.80 Å². The van der Waals surface area contributed by atoms with Gasteiger partial charge in [-0.05, 0) is 143 Å². The first kappa shape index (κ1) is 41.8. The highest BCUT2D eigenvalue weighted by atomic mass is 32.1. The Bertz CT molecular complexity index is 4450. The largest absolute Gasteiger partial charge is 0.310 e. The van der Waals surface area contributed by atoms with Gasteiger partial charge in [-0.25, -0.2) is 0 Å². The standard InChI is InChI=1S/C68H43N3S2/c1-4-18-46(19-5-1)69(49-33-36-65-59(42-49)55-26-14-16-30-63(55)72-65)51-38-45(39-52(41-51)70(47-20-6-2-7-21-47)50-34-37-66-60(43-50)56-27-15-17-31-64(56)73-66)44-32-35-62-61(40-44)67-57-28-12-10-24-53(57)54-25-11-13-29-58(54)68(67)71(62)48-22-8-3-9-23-48/h1-43H. The number of benzene rings is 12. The van der Waals surface area contributed by atoms with Crippen LogP contribution in [0.2, 0.25) is 0 Å².